The number of hydrogen-bond donors (Lipinski definition) is 1. The Balaban J connectivity index is 1.78. The zero-order valence-corrected chi connectivity index (χ0v) is 9.85. The molecule has 3 fully saturated rings. The van der Waals surface area contributed by atoms with Crippen LogP contribution in [0.25, 0.3) is 0 Å². The van der Waals surface area contributed by atoms with Crippen LogP contribution in [0.2, 0.25) is 0 Å². The average Bonchev–Trinajstić information content (AvgIpc) is 2.78. The summed E-state index contributed by atoms with van der Waals surface area (Å²) < 4.78 is 5.28. The van der Waals surface area contributed by atoms with Crippen LogP contribution in [0.1, 0.15) is 32.1 Å². The van der Waals surface area contributed by atoms with Gasteiger partial charge in [0.25, 0.3) is 0 Å². The summed E-state index contributed by atoms with van der Waals surface area (Å²) in [7, 11) is 0. The Morgan fingerprint density at radius 3 is 2.65 bits per heavy atom. The molecule has 3 amide bonds. The van der Waals surface area contributed by atoms with Gasteiger partial charge in [0, 0.05) is 6.04 Å². The third-order valence-corrected chi connectivity index (χ3v) is 4.10. The summed E-state index contributed by atoms with van der Waals surface area (Å²) in [4.78, 5) is 25.8. The molecule has 94 valence electrons. The van der Waals surface area contributed by atoms with E-state index < -0.39 is 0 Å². The molecule has 0 aromatic carbocycles. The van der Waals surface area contributed by atoms with Crippen LogP contribution in [0.15, 0.2) is 0 Å². The quantitative estimate of drug-likeness (QED) is 0.738. The molecule has 0 bridgehead atoms. The molecule has 2 heterocycles. The predicted octanol–water partition coefficient (Wildman–Crippen LogP) is 0.886. The summed E-state index contributed by atoms with van der Waals surface area (Å²) >= 11 is 0. The van der Waals surface area contributed by atoms with E-state index in [0.29, 0.717) is 13.2 Å². The molecule has 0 aromatic rings. The summed E-state index contributed by atoms with van der Waals surface area (Å²) in [5.74, 6) is -0.183. The molecule has 1 aliphatic carbocycles. The number of nitrogens with zero attached hydrogens (tertiary/aromatic N) is 1. The lowest BCUT2D eigenvalue weighted by Gasteiger charge is -2.39. The van der Waals surface area contributed by atoms with Gasteiger partial charge >= 0.3 is 6.03 Å². The fourth-order valence-corrected chi connectivity index (χ4v) is 3.13. The Labute approximate surface area is 100 Å². The summed E-state index contributed by atoms with van der Waals surface area (Å²) in [6, 6.07) is -0.207. The van der Waals surface area contributed by atoms with Crippen LogP contribution in [0.5, 0.6) is 0 Å². The molecule has 0 radical (unpaired) electrons. The average molecular weight is 238 g/mol. The first-order chi connectivity index (χ1) is 8.27. The van der Waals surface area contributed by atoms with E-state index in [4.69, 9.17) is 4.74 Å². The van der Waals surface area contributed by atoms with E-state index in [9.17, 15) is 9.59 Å². The fourth-order valence-electron chi connectivity index (χ4n) is 3.13. The van der Waals surface area contributed by atoms with Crippen molar-refractivity contribution in [2.45, 2.75) is 44.2 Å². The lowest BCUT2D eigenvalue weighted by atomic mass is 9.91. The zero-order chi connectivity index (χ0) is 11.8. The van der Waals surface area contributed by atoms with Crippen molar-refractivity contribution in [1.82, 2.24) is 10.2 Å². The van der Waals surface area contributed by atoms with Crippen LogP contribution in [-0.2, 0) is 9.53 Å². The van der Waals surface area contributed by atoms with Gasteiger partial charge in [-0.1, -0.05) is 19.3 Å². The Hall–Kier alpha value is -1.10. The maximum absolute atomic E-state index is 12.3. The Kier molecular flexibility index (Phi) is 2.78. The second-order valence-corrected chi connectivity index (χ2v) is 5.20. The molecule has 1 N–H and O–H groups in total. The highest BCUT2D eigenvalue weighted by Crippen LogP contribution is 2.28. The van der Waals surface area contributed by atoms with E-state index in [0.717, 1.165) is 25.7 Å². The van der Waals surface area contributed by atoms with Crippen molar-refractivity contribution in [3.63, 3.8) is 0 Å². The van der Waals surface area contributed by atoms with Gasteiger partial charge in [0.1, 0.15) is 0 Å². The van der Waals surface area contributed by atoms with Gasteiger partial charge in [-0.15, -0.1) is 0 Å². The highest BCUT2D eigenvalue weighted by atomic mass is 16.5. The summed E-state index contributed by atoms with van der Waals surface area (Å²) in [5, 5.41) is 2.90. The Morgan fingerprint density at radius 1 is 1.12 bits per heavy atom. The van der Waals surface area contributed by atoms with E-state index in [2.05, 4.69) is 5.32 Å². The minimum atomic E-state index is -0.214. The topological polar surface area (TPSA) is 58.6 Å². The van der Waals surface area contributed by atoms with E-state index in [1.54, 1.807) is 0 Å². The number of amides is 3. The van der Waals surface area contributed by atoms with Crippen LogP contribution >= 0.6 is 0 Å². The second-order valence-electron chi connectivity index (χ2n) is 5.20. The molecule has 2 atom stereocenters. The molecular weight excluding hydrogens is 220 g/mol. The number of urea groups is 1. The highest BCUT2D eigenvalue weighted by Gasteiger charge is 2.46. The third kappa shape index (κ3) is 1.82. The largest absolute Gasteiger partial charge is 0.378 e. The van der Waals surface area contributed by atoms with Gasteiger partial charge in [0.15, 0.2) is 0 Å². The van der Waals surface area contributed by atoms with Gasteiger partial charge in [-0.2, -0.15) is 0 Å². The van der Waals surface area contributed by atoms with E-state index in [-0.39, 0.29) is 29.9 Å². The molecular formula is C12H18N2O3. The molecule has 0 spiro atoms. The van der Waals surface area contributed by atoms with Crippen LogP contribution in [0.3, 0.4) is 0 Å². The Morgan fingerprint density at radius 2 is 1.88 bits per heavy atom. The van der Waals surface area contributed by atoms with E-state index in [1.165, 1.54) is 11.3 Å². The maximum atomic E-state index is 12.3. The number of rotatable bonds is 1. The predicted molar refractivity (Wildman–Crippen MR) is 60.3 cm³/mol. The minimum absolute atomic E-state index is 0.0249. The van der Waals surface area contributed by atoms with Crippen molar-refractivity contribution < 1.29 is 14.3 Å². The molecule has 17 heavy (non-hydrogen) atoms. The number of ether oxygens (including phenoxy) is 1. The number of nitrogens with one attached hydrogen (secondary N) is 1. The number of hydrogen-bond acceptors (Lipinski definition) is 3. The van der Waals surface area contributed by atoms with Crippen LogP contribution in [0.4, 0.5) is 4.79 Å². The molecule has 1 saturated carbocycles. The molecule has 5 nitrogen and oxygen atoms in total. The van der Waals surface area contributed by atoms with E-state index in [1.807, 2.05) is 0 Å². The molecule has 3 rings (SSSR count). The lowest BCUT2D eigenvalue weighted by molar-refractivity contribution is -0.137. The van der Waals surface area contributed by atoms with Gasteiger partial charge in [-0.05, 0) is 12.8 Å². The normalized spacial score (nSPS) is 34.7. The highest BCUT2D eigenvalue weighted by molar-refractivity contribution is 5.99. The summed E-state index contributed by atoms with van der Waals surface area (Å²) in [5.41, 5.74) is 0. The zero-order valence-electron chi connectivity index (χ0n) is 9.85. The molecule has 0 aromatic heterocycles. The van der Waals surface area contributed by atoms with Crippen molar-refractivity contribution in [1.29, 1.82) is 0 Å². The summed E-state index contributed by atoms with van der Waals surface area (Å²) in [6.45, 7) is 0.924. The minimum Gasteiger partial charge on any atom is -0.378 e. The molecule has 2 saturated heterocycles. The summed E-state index contributed by atoms with van der Waals surface area (Å²) in [6.07, 6.45) is 5.36. The Bertz CT molecular complexity index is 339. The van der Waals surface area contributed by atoms with Gasteiger partial charge in [0.2, 0.25) is 5.91 Å². The first kappa shape index (κ1) is 11.0. The van der Waals surface area contributed by atoms with Crippen molar-refractivity contribution in [3.05, 3.63) is 0 Å². The standard InChI is InChI=1S/C12H18N2O3/c15-11-9-6-17-7-10(9)13-12(16)14(11)8-4-2-1-3-5-8/h8-10H,1-7H2,(H,13,16). The maximum Gasteiger partial charge on any atom is 0.324 e. The van der Waals surface area contributed by atoms with E-state index >= 15 is 0 Å². The number of carbonyl (C=O) groups excluding carboxylic acids is 2. The van der Waals surface area contributed by atoms with Gasteiger partial charge in [-0.3, -0.25) is 9.69 Å². The van der Waals surface area contributed by atoms with Crippen molar-refractivity contribution >= 4 is 11.9 Å². The lowest BCUT2D eigenvalue weighted by Crippen LogP contribution is -2.62. The number of imide groups is 1. The van der Waals surface area contributed by atoms with Crippen LogP contribution in [-0.4, -0.2) is 42.1 Å². The SMILES string of the molecule is O=C1NC2COCC2C(=O)N1C1CCCCC1. The van der Waals surface area contributed by atoms with Gasteiger partial charge in [-0.25, -0.2) is 4.79 Å². The third-order valence-electron chi connectivity index (χ3n) is 4.10. The monoisotopic (exact) mass is 238 g/mol. The van der Waals surface area contributed by atoms with Crippen molar-refractivity contribution in [3.8, 4) is 0 Å². The van der Waals surface area contributed by atoms with Crippen LogP contribution < -0.4 is 5.32 Å². The molecule has 2 aliphatic heterocycles. The first-order valence-corrected chi connectivity index (χ1v) is 6.48. The number of fused-ring (bicyclic) bond motifs is 1. The van der Waals surface area contributed by atoms with Gasteiger partial charge in [0.05, 0.1) is 25.2 Å². The first-order valence-electron chi connectivity index (χ1n) is 6.48. The molecule has 3 aliphatic rings. The molecule has 5 heteroatoms. The fraction of sp³-hybridized carbons (Fsp3) is 0.833. The molecule has 2 unspecified atom stereocenters. The second kappa shape index (κ2) is 4.29. The smallest absolute Gasteiger partial charge is 0.324 e. The van der Waals surface area contributed by atoms with Crippen LogP contribution in [0, 0.1) is 5.92 Å². The van der Waals surface area contributed by atoms with Crippen molar-refractivity contribution in [2.75, 3.05) is 13.2 Å². The number of carbonyl (C=O) groups is 2. The van der Waals surface area contributed by atoms with Crippen molar-refractivity contribution in [2.24, 2.45) is 5.92 Å². The van der Waals surface area contributed by atoms with Gasteiger partial charge < -0.3 is 10.1 Å².